The summed E-state index contributed by atoms with van der Waals surface area (Å²) in [6.07, 6.45) is 10.8. The predicted octanol–water partition coefficient (Wildman–Crippen LogP) is 5.90. The number of allylic oxidation sites excluding steroid dienone is 1. The maximum Gasteiger partial charge on any atom is 0.155 e. The first-order valence-corrected chi connectivity index (χ1v) is 13.6. The topological polar surface area (TPSA) is 37.3 Å². The van der Waals surface area contributed by atoms with E-state index in [0.29, 0.717) is 17.6 Å². The molecule has 7 atom stereocenters. The molecule has 0 saturated heterocycles. The molecule has 0 aliphatic heterocycles. The van der Waals surface area contributed by atoms with Crippen LogP contribution >= 0.6 is 21.6 Å². The van der Waals surface area contributed by atoms with Crippen LogP contribution in [0.25, 0.3) is 0 Å². The molecule has 3 saturated carbocycles. The van der Waals surface area contributed by atoms with Gasteiger partial charge in [-0.1, -0.05) is 54.4 Å². The summed E-state index contributed by atoms with van der Waals surface area (Å²) >= 11 is 0. The molecule has 152 valence electrons. The van der Waals surface area contributed by atoms with Crippen molar-refractivity contribution in [2.75, 3.05) is 11.5 Å². The number of carbonyl (C=O) groups is 1. The van der Waals surface area contributed by atoms with Crippen LogP contribution < -0.4 is 0 Å². The van der Waals surface area contributed by atoms with Crippen molar-refractivity contribution in [3.8, 4) is 0 Å². The van der Waals surface area contributed by atoms with E-state index >= 15 is 0 Å². The molecule has 0 aromatic carbocycles. The summed E-state index contributed by atoms with van der Waals surface area (Å²) < 4.78 is 0. The van der Waals surface area contributed by atoms with E-state index in [1.807, 2.05) is 27.7 Å². The minimum atomic E-state index is -0.112. The van der Waals surface area contributed by atoms with Gasteiger partial charge in [-0.15, -0.1) is 0 Å². The number of carbonyl (C=O) groups excluding carboxylic acids is 1. The van der Waals surface area contributed by atoms with E-state index in [0.717, 1.165) is 43.3 Å². The minimum Gasteiger partial charge on any atom is -0.392 e. The smallest absolute Gasteiger partial charge is 0.155 e. The lowest BCUT2D eigenvalue weighted by atomic mass is 9.47. The Morgan fingerprint density at radius 1 is 1.15 bits per heavy atom. The zero-order valence-electron chi connectivity index (χ0n) is 17.2. The Hall–Kier alpha value is 0.0700. The first kappa shape index (κ1) is 20.3. The lowest BCUT2D eigenvalue weighted by Crippen LogP contribution is -2.53. The zero-order valence-corrected chi connectivity index (χ0v) is 18.8. The fourth-order valence-electron chi connectivity index (χ4n) is 7.40. The maximum absolute atomic E-state index is 12.2. The Morgan fingerprint density at radius 2 is 1.96 bits per heavy atom. The Bertz CT molecular complexity index is 617. The highest BCUT2D eigenvalue weighted by Crippen LogP contribution is 2.67. The number of hydrogen-bond donors (Lipinski definition) is 1. The van der Waals surface area contributed by atoms with Gasteiger partial charge in [-0.2, -0.15) is 0 Å². The number of aliphatic hydroxyl groups is 1. The second-order valence-electron chi connectivity index (χ2n) is 9.77. The van der Waals surface area contributed by atoms with Gasteiger partial charge in [0, 0.05) is 23.3 Å². The average molecular weight is 409 g/mol. The third-order valence-electron chi connectivity index (χ3n) is 8.84. The first-order valence-electron chi connectivity index (χ1n) is 11.1. The Morgan fingerprint density at radius 3 is 2.70 bits per heavy atom. The van der Waals surface area contributed by atoms with Gasteiger partial charge in [-0.25, -0.2) is 0 Å². The van der Waals surface area contributed by atoms with E-state index in [9.17, 15) is 9.90 Å². The van der Waals surface area contributed by atoms with Crippen molar-refractivity contribution in [3.63, 3.8) is 0 Å². The molecule has 0 amide bonds. The second kappa shape index (κ2) is 7.72. The van der Waals surface area contributed by atoms with Crippen molar-refractivity contribution in [1.82, 2.24) is 0 Å². The van der Waals surface area contributed by atoms with Gasteiger partial charge in [0.25, 0.3) is 0 Å². The molecule has 4 aliphatic rings. The Labute approximate surface area is 173 Å². The highest BCUT2D eigenvalue weighted by Gasteiger charge is 2.61. The quantitative estimate of drug-likeness (QED) is 0.454. The van der Waals surface area contributed by atoms with Crippen molar-refractivity contribution in [1.29, 1.82) is 0 Å². The molecule has 0 radical (unpaired) electrons. The average Bonchev–Trinajstić information content (AvgIpc) is 2.93. The van der Waals surface area contributed by atoms with Gasteiger partial charge in [-0.3, -0.25) is 4.79 Å². The first-order chi connectivity index (χ1) is 13.0. The van der Waals surface area contributed by atoms with Gasteiger partial charge in [0.1, 0.15) is 0 Å². The summed E-state index contributed by atoms with van der Waals surface area (Å²) in [5.41, 5.74) is 1.86. The summed E-state index contributed by atoms with van der Waals surface area (Å²) in [5, 5.41) is 11.1. The molecule has 2 nitrogen and oxygen atoms in total. The SMILES string of the molecule is CCSSC[C@]12CCC(=O)C=C1CC[C@@H]1[C@@H]2CC[C@]2(C)[C@@H](O)[C@H](CC)C[C@@H]12. The summed E-state index contributed by atoms with van der Waals surface area (Å²) in [6, 6.07) is 0. The second-order valence-corrected chi connectivity index (χ2v) is 12.5. The molecular weight excluding hydrogens is 372 g/mol. The van der Waals surface area contributed by atoms with Gasteiger partial charge in [0.2, 0.25) is 0 Å². The lowest BCUT2D eigenvalue weighted by Gasteiger charge is -2.58. The van der Waals surface area contributed by atoms with Crippen LogP contribution in [-0.4, -0.2) is 28.5 Å². The molecule has 4 heteroatoms. The third kappa shape index (κ3) is 3.17. The van der Waals surface area contributed by atoms with Crippen molar-refractivity contribution in [2.24, 2.45) is 34.5 Å². The fraction of sp³-hybridized carbons (Fsp3) is 0.870. The monoisotopic (exact) mass is 408 g/mol. The van der Waals surface area contributed by atoms with Crippen molar-refractivity contribution in [3.05, 3.63) is 11.6 Å². The van der Waals surface area contributed by atoms with Crippen LogP contribution in [-0.2, 0) is 4.79 Å². The number of rotatable bonds is 5. The van der Waals surface area contributed by atoms with Crippen molar-refractivity contribution < 1.29 is 9.90 Å². The Kier molecular flexibility index (Phi) is 5.82. The van der Waals surface area contributed by atoms with Crippen LogP contribution in [0, 0.1) is 34.5 Å². The molecular formula is C23H36O2S2. The summed E-state index contributed by atoms with van der Waals surface area (Å²) in [4.78, 5) is 12.2. The predicted molar refractivity (Wildman–Crippen MR) is 117 cm³/mol. The number of hydrogen-bond acceptors (Lipinski definition) is 4. The molecule has 0 bridgehead atoms. The molecule has 3 fully saturated rings. The summed E-state index contributed by atoms with van der Waals surface area (Å²) in [7, 11) is 4.02. The molecule has 0 spiro atoms. The zero-order chi connectivity index (χ0) is 19.2. The molecule has 27 heavy (non-hydrogen) atoms. The molecule has 4 rings (SSSR count). The largest absolute Gasteiger partial charge is 0.392 e. The van der Waals surface area contributed by atoms with E-state index in [-0.39, 0.29) is 16.9 Å². The van der Waals surface area contributed by atoms with E-state index in [2.05, 4.69) is 20.8 Å². The van der Waals surface area contributed by atoms with Gasteiger partial charge < -0.3 is 5.11 Å². The van der Waals surface area contributed by atoms with Gasteiger partial charge in [0.05, 0.1) is 6.10 Å². The van der Waals surface area contributed by atoms with Crippen LogP contribution in [0.1, 0.15) is 72.1 Å². The van der Waals surface area contributed by atoms with Crippen LogP contribution in [0.15, 0.2) is 11.6 Å². The molecule has 0 aromatic rings. The number of ketones is 1. The number of aliphatic hydroxyl groups excluding tert-OH is 1. The van der Waals surface area contributed by atoms with Gasteiger partial charge in [0.15, 0.2) is 5.78 Å². The van der Waals surface area contributed by atoms with Crippen LogP contribution in [0.3, 0.4) is 0 Å². The molecule has 1 N–H and O–H groups in total. The van der Waals surface area contributed by atoms with E-state index in [4.69, 9.17) is 0 Å². The molecule has 0 unspecified atom stereocenters. The molecule has 4 aliphatic carbocycles. The highest BCUT2D eigenvalue weighted by molar-refractivity contribution is 8.76. The van der Waals surface area contributed by atoms with Crippen LogP contribution in [0.4, 0.5) is 0 Å². The van der Waals surface area contributed by atoms with Crippen LogP contribution in [0.2, 0.25) is 0 Å². The highest BCUT2D eigenvalue weighted by atomic mass is 33.1. The molecule has 0 aromatic heterocycles. The third-order valence-corrected chi connectivity index (χ3v) is 11.4. The lowest BCUT2D eigenvalue weighted by molar-refractivity contribution is -0.117. The van der Waals surface area contributed by atoms with E-state index < -0.39 is 0 Å². The van der Waals surface area contributed by atoms with E-state index in [1.54, 1.807) is 0 Å². The van der Waals surface area contributed by atoms with Gasteiger partial charge >= 0.3 is 0 Å². The standard InChI is InChI=1S/C23H36O2S2/c1-4-15-12-20-18-7-6-16-13-17(24)8-11-23(16,14-27-26-5-2)19(18)9-10-22(20,3)21(15)25/h13,15,18-21,25H,4-12,14H2,1-3H3/t15-,18-,19+,20+,21+,22+,23-/m1/s1. The maximum atomic E-state index is 12.2. The normalized spacial score (nSPS) is 46.4. The number of fused-ring (bicyclic) bond motifs is 5. The van der Waals surface area contributed by atoms with Crippen molar-refractivity contribution >= 4 is 27.4 Å². The fourth-order valence-corrected chi connectivity index (χ4v) is 9.79. The summed E-state index contributed by atoms with van der Waals surface area (Å²) in [6.45, 7) is 6.87. The van der Waals surface area contributed by atoms with E-state index in [1.165, 1.54) is 37.0 Å². The van der Waals surface area contributed by atoms with Crippen LogP contribution in [0.5, 0.6) is 0 Å². The molecule has 0 heterocycles. The van der Waals surface area contributed by atoms with Gasteiger partial charge in [-0.05, 0) is 73.7 Å². The summed E-state index contributed by atoms with van der Waals surface area (Å²) in [5.74, 6) is 5.31. The minimum absolute atomic E-state index is 0.112. The Balaban J connectivity index is 1.66. The van der Waals surface area contributed by atoms with Crippen molar-refractivity contribution in [2.45, 2.75) is 78.2 Å².